The Kier molecular flexibility index (Phi) is 5.38. The minimum atomic E-state index is -1.23. The molecule has 0 aliphatic rings. The Labute approximate surface area is 166 Å². The van der Waals surface area contributed by atoms with E-state index in [9.17, 15) is 9.90 Å². The average molecular weight is 386 g/mol. The number of hydrogen-bond donors (Lipinski definition) is 1. The van der Waals surface area contributed by atoms with Crippen LogP contribution in [0.5, 0.6) is 17.4 Å². The summed E-state index contributed by atoms with van der Waals surface area (Å²) in [6.45, 7) is 1.61. The molecular weight excluding hydrogens is 372 g/mol. The Hall–Kier alpha value is -4.43. The van der Waals surface area contributed by atoms with Crippen LogP contribution in [-0.4, -0.2) is 28.4 Å². The highest BCUT2D eigenvalue weighted by atomic mass is 16.5. The van der Waals surface area contributed by atoms with Crippen LogP contribution in [0.3, 0.4) is 0 Å². The van der Waals surface area contributed by atoms with Gasteiger partial charge in [-0.1, -0.05) is 12.1 Å². The number of carboxylic acids is 1. The van der Waals surface area contributed by atoms with E-state index < -0.39 is 5.97 Å². The fourth-order valence-electron chi connectivity index (χ4n) is 2.73. The summed E-state index contributed by atoms with van der Waals surface area (Å²) < 4.78 is 10.9. The third-order valence-corrected chi connectivity index (χ3v) is 4.19. The van der Waals surface area contributed by atoms with Gasteiger partial charge in [0.25, 0.3) is 5.88 Å². The molecule has 142 valence electrons. The molecule has 0 saturated heterocycles. The minimum absolute atomic E-state index is 0.147. The third-order valence-electron chi connectivity index (χ3n) is 4.19. The molecule has 3 rings (SSSR count). The number of rotatable bonds is 5. The third kappa shape index (κ3) is 3.82. The van der Waals surface area contributed by atoms with Crippen LogP contribution >= 0.6 is 0 Å². The molecule has 0 aliphatic heterocycles. The van der Waals surface area contributed by atoms with Gasteiger partial charge in [-0.05, 0) is 36.8 Å². The number of nitriles is 2. The summed E-state index contributed by atoms with van der Waals surface area (Å²) in [5, 5.41) is 35.7. The topological polar surface area (TPSA) is 129 Å². The number of hydrogen-bond acceptors (Lipinski definition) is 7. The molecule has 1 heterocycles. The van der Waals surface area contributed by atoms with Crippen molar-refractivity contribution in [2.24, 2.45) is 0 Å². The molecule has 0 unspecified atom stereocenters. The van der Waals surface area contributed by atoms with Gasteiger partial charge in [0.05, 0.1) is 36.1 Å². The number of carbonyl (C=O) groups is 1. The maximum atomic E-state index is 11.9. The van der Waals surface area contributed by atoms with E-state index in [4.69, 9.17) is 20.0 Å². The van der Waals surface area contributed by atoms with Crippen molar-refractivity contribution in [2.75, 3.05) is 7.11 Å². The second-order valence-electron chi connectivity index (χ2n) is 5.93. The van der Waals surface area contributed by atoms with Crippen LogP contribution in [0.15, 0.2) is 42.5 Å². The lowest BCUT2D eigenvalue weighted by Crippen LogP contribution is -2.09. The van der Waals surface area contributed by atoms with E-state index >= 15 is 0 Å². The zero-order valence-corrected chi connectivity index (χ0v) is 15.5. The number of ether oxygens (including phenoxy) is 2. The predicted molar refractivity (Wildman–Crippen MR) is 102 cm³/mol. The van der Waals surface area contributed by atoms with E-state index in [1.807, 2.05) is 12.1 Å². The molecule has 0 fully saturated rings. The van der Waals surface area contributed by atoms with E-state index in [1.54, 1.807) is 31.2 Å². The average Bonchev–Trinajstić information content (AvgIpc) is 2.74. The summed E-state index contributed by atoms with van der Waals surface area (Å²) in [6.07, 6.45) is 0. The zero-order chi connectivity index (χ0) is 21.0. The molecule has 0 bridgehead atoms. The molecular formula is C21H14N4O4. The first-order valence-corrected chi connectivity index (χ1v) is 8.35. The number of aromatic nitrogens is 2. The van der Waals surface area contributed by atoms with Gasteiger partial charge in [-0.15, -0.1) is 10.2 Å². The molecule has 1 aromatic heterocycles. The number of methoxy groups -OCH3 is 1. The summed E-state index contributed by atoms with van der Waals surface area (Å²) in [6, 6.07) is 15.1. The second kappa shape index (κ2) is 8.07. The lowest BCUT2D eigenvalue weighted by atomic mass is 10.0. The highest BCUT2D eigenvalue weighted by molar-refractivity contribution is 5.93. The molecule has 0 amide bonds. The summed E-state index contributed by atoms with van der Waals surface area (Å²) in [7, 11) is 1.41. The molecule has 29 heavy (non-hydrogen) atoms. The van der Waals surface area contributed by atoms with Gasteiger partial charge in [0.15, 0.2) is 11.5 Å². The Morgan fingerprint density at radius 1 is 1.00 bits per heavy atom. The smallest absolute Gasteiger partial charge is 0.341 e. The molecule has 0 atom stereocenters. The molecule has 2 aromatic carbocycles. The van der Waals surface area contributed by atoms with Crippen LogP contribution < -0.4 is 9.47 Å². The summed E-state index contributed by atoms with van der Waals surface area (Å²) in [5.41, 5.74) is 2.05. The van der Waals surface area contributed by atoms with Crippen LogP contribution in [0.1, 0.15) is 27.0 Å². The van der Waals surface area contributed by atoms with Gasteiger partial charge in [0.2, 0.25) is 0 Å². The van der Waals surface area contributed by atoms with Crippen molar-refractivity contribution in [1.29, 1.82) is 10.5 Å². The molecule has 0 spiro atoms. The van der Waals surface area contributed by atoms with Crippen molar-refractivity contribution in [2.45, 2.75) is 6.92 Å². The van der Waals surface area contributed by atoms with E-state index in [0.717, 1.165) is 0 Å². The fourth-order valence-corrected chi connectivity index (χ4v) is 2.73. The normalized spacial score (nSPS) is 9.93. The molecule has 8 heteroatoms. The fraction of sp³-hybridized carbons (Fsp3) is 0.0952. The number of benzene rings is 2. The predicted octanol–water partition coefficient (Wildman–Crippen LogP) is 3.69. The van der Waals surface area contributed by atoms with Crippen molar-refractivity contribution in [3.05, 3.63) is 64.7 Å². The number of aromatic carboxylic acids is 1. The van der Waals surface area contributed by atoms with Crippen molar-refractivity contribution >= 4 is 5.97 Å². The highest BCUT2D eigenvalue weighted by Crippen LogP contribution is 2.35. The van der Waals surface area contributed by atoms with Crippen molar-refractivity contribution in [1.82, 2.24) is 10.2 Å². The summed E-state index contributed by atoms with van der Waals surface area (Å²) in [4.78, 5) is 11.9. The molecule has 3 aromatic rings. The van der Waals surface area contributed by atoms with Crippen molar-refractivity contribution in [3.63, 3.8) is 0 Å². The van der Waals surface area contributed by atoms with E-state index in [1.165, 1.54) is 25.3 Å². The van der Waals surface area contributed by atoms with Gasteiger partial charge in [-0.3, -0.25) is 0 Å². The first-order chi connectivity index (χ1) is 14.0. The van der Waals surface area contributed by atoms with Gasteiger partial charge in [0.1, 0.15) is 5.56 Å². The Morgan fingerprint density at radius 3 is 2.24 bits per heavy atom. The zero-order valence-electron chi connectivity index (χ0n) is 15.5. The molecule has 0 saturated carbocycles. The molecule has 1 N–H and O–H groups in total. The number of carboxylic acid groups (broad SMARTS) is 1. The van der Waals surface area contributed by atoms with Gasteiger partial charge in [-0.2, -0.15) is 10.5 Å². The Morgan fingerprint density at radius 2 is 1.66 bits per heavy atom. The maximum Gasteiger partial charge on any atom is 0.341 e. The summed E-state index contributed by atoms with van der Waals surface area (Å²) >= 11 is 0. The first kappa shape index (κ1) is 19.3. The SMILES string of the molecule is COc1cc(C#N)ccc1Oc1nnc(-c2ccc(C#N)cc2)c(C)c1C(=O)O. The van der Waals surface area contributed by atoms with E-state index in [2.05, 4.69) is 10.2 Å². The van der Waals surface area contributed by atoms with E-state index in [-0.39, 0.29) is 22.9 Å². The van der Waals surface area contributed by atoms with Gasteiger partial charge in [-0.25, -0.2) is 4.79 Å². The first-order valence-electron chi connectivity index (χ1n) is 8.35. The van der Waals surface area contributed by atoms with Gasteiger partial charge < -0.3 is 14.6 Å². The molecule has 0 aliphatic carbocycles. The number of nitrogens with zero attached hydrogens (tertiary/aromatic N) is 4. The minimum Gasteiger partial charge on any atom is -0.493 e. The van der Waals surface area contributed by atoms with Gasteiger partial charge >= 0.3 is 5.97 Å². The van der Waals surface area contributed by atoms with Crippen LogP contribution in [0.2, 0.25) is 0 Å². The standard InChI is InChI=1S/C21H14N4O4/c1-12-18(21(26)27)20(29-16-8-5-14(11-23)9-17(16)28-2)25-24-19(12)15-6-3-13(10-22)4-7-15/h3-9H,1-2H3,(H,26,27). The molecule has 0 radical (unpaired) electrons. The quantitative estimate of drug-likeness (QED) is 0.703. The van der Waals surface area contributed by atoms with Crippen LogP contribution in [-0.2, 0) is 0 Å². The van der Waals surface area contributed by atoms with Crippen LogP contribution in [0, 0.1) is 29.6 Å². The Bertz CT molecular complexity index is 1180. The maximum absolute atomic E-state index is 11.9. The van der Waals surface area contributed by atoms with E-state index in [0.29, 0.717) is 27.9 Å². The van der Waals surface area contributed by atoms with Crippen molar-refractivity contribution < 1.29 is 19.4 Å². The van der Waals surface area contributed by atoms with Crippen molar-refractivity contribution in [3.8, 4) is 40.8 Å². The largest absolute Gasteiger partial charge is 0.493 e. The summed E-state index contributed by atoms with van der Waals surface area (Å²) in [5.74, 6) is -0.963. The van der Waals surface area contributed by atoms with Crippen LogP contribution in [0.25, 0.3) is 11.3 Å². The lowest BCUT2D eigenvalue weighted by molar-refractivity contribution is 0.0692. The Balaban J connectivity index is 2.07. The van der Waals surface area contributed by atoms with Gasteiger partial charge in [0, 0.05) is 11.6 Å². The lowest BCUT2D eigenvalue weighted by Gasteiger charge is -2.14. The highest BCUT2D eigenvalue weighted by Gasteiger charge is 2.23. The monoisotopic (exact) mass is 386 g/mol. The molecule has 8 nitrogen and oxygen atoms in total. The van der Waals surface area contributed by atoms with Crippen LogP contribution in [0.4, 0.5) is 0 Å². The second-order valence-corrected chi connectivity index (χ2v) is 5.93.